The molecule has 0 aliphatic carbocycles. The molecule has 26 heavy (non-hydrogen) atoms. The summed E-state index contributed by atoms with van der Waals surface area (Å²) in [6, 6.07) is 11.5. The second kappa shape index (κ2) is 6.86. The highest BCUT2D eigenvalue weighted by Gasteiger charge is 2.27. The predicted molar refractivity (Wildman–Crippen MR) is 98.1 cm³/mol. The molecule has 0 bridgehead atoms. The Bertz CT molecular complexity index is 812. The maximum atomic E-state index is 12.6. The van der Waals surface area contributed by atoms with Gasteiger partial charge in [0.2, 0.25) is 5.91 Å². The predicted octanol–water partition coefficient (Wildman–Crippen LogP) is 2.60. The van der Waals surface area contributed by atoms with Crippen molar-refractivity contribution in [3.63, 3.8) is 0 Å². The van der Waals surface area contributed by atoms with Crippen LogP contribution in [0.15, 0.2) is 42.6 Å². The molecule has 3 heterocycles. The van der Waals surface area contributed by atoms with Crippen molar-refractivity contribution in [3.05, 3.63) is 48.3 Å². The van der Waals surface area contributed by atoms with Crippen LogP contribution in [0, 0.1) is 0 Å². The summed E-state index contributed by atoms with van der Waals surface area (Å²) in [7, 11) is 0. The normalized spacial score (nSPS) is 19.6. The molecule has 6 nitrogen and oxygen atoms in total. The highest BCUT2D eigenvalue weighted by molar-refractivity contribution is 5.95. The molecule has 1 unspecified atom stereocenters. The number of ether oxygens (including phenoxy) is 1. The van der Waals surface area contributed by atoms with Crippen LogP contribution in [0.4, 0.5) is 5.69 Å². The number of carbonyl (C=O) groups is 2. The van der Waals surface area contributed by atoms with E-state index >= 15 is 0 Å². The fraction of sp³-hybridized carbons (Fsp3) is 0.400. The van der Waals surface area contributed by atoms with Crippen LogP contribution in [0.3, 0.4) is 0 Å². The lowest BCUT2D eigenvalue weighted by Gasteiger charge is -2.34. The van der Waals surface area contributed by atoms with E-state index in [2.05, 4.69) is 16.8 Å². The second-order valence-corrected chi connectivity index (χ2v) is 6.82. The van der Waals surface area contributed by atoms with Crippen LogP contribution < -0.4 is 9.64 Å². The van der Waals surface area contributed by atoms with Crippen molar-refractivity contribution >= 4 is 17.5 Å². The lowest BCUT2D eigenvalue weighted by Crippen LogP contribution is -2.42. The van der Waals surface area contributed by atoms with Crippen LogP contribution in [0.25, 0.3) is 0 Å². The molecule has 2 amide bonds. The van der Waals surface area contributed by atoms with E-state index in [9.17, 15) is 9.59 Å². The fourth-order valence-corrected chi connectivity index (χ4v) is 3.79. The number of amides is 2. The molecule has 1 aromatic carbocycles. The van der Waals surface area contributed by atoms with Crippen LogP contribution in [-0.2, 0) is 16.1 Å². The Hall–Kier alpha value is -2.76. The van der Waals surface area contributed by atoms with Gasteiger partial charge in [-0.2, -0.15) is 0 Å². The molecule has 0 radical (unpaired) electrons. The molecule has 6 heteroatoms. The Morgan fingerprint density at radius 2 is 1.96 bits per heavy atom. The number of benzene rings is 1. The summed E-state index contributed by atoms with van der Waals surface area (Å²) in [4.78, 5) is 28.0. The Morgan fingerprint density at radius 3 is 2.69 bits per heavy atom. The highest BCUT2D eigenvalue weighted by Crippen LogP contribution is 2.26. The van der Waals surface area contributed by atoms with Crippen LogP contribution in [0.2, 0.25) is 0 Å². The van der Waals surface area contributed by atoms with E-state index in [1.54, 1.807) is 4.90 Å². The van der Waals surface area contributed by atoms with E-state index in [1.165, 1.54) is 0 Å². The quantitative estimate of drug-likeness (QED) is 0.849. The minimum atomic E-state index is -0.0104. The second-order valence-electron chi connectivity index (χ2n) is 6.82. The summed E-state index contributed by atoms with van der Waals surface area (Å²) >= 11 is 0. The largest absolute Gasteiger partial charge is 0.484 e. The fourth-order valence-electron chi connectivity index (χ4n) is 3.79. The van der Waals surface area contributed by atoms with Gasteiger partial charge in [0.25, 0.3) is 5.91 Å². The first kappa shape index (κ1) is 16.7. The number of hydrogen-bond acceptors (Lipinski definition) is 3. The molecule has 1 saturated heterocycles. The average molecular weight is 353 g/mol. The molecule has 0 saturated carbocycles. The molecule has 2 aromatic rings. The number of rotatable bonds is 4. The maximum Gasteiger partial charge on any atom is 0.261 e. The van der Waals surface area contributed by atoms with Crippen molar-refractivity contribution in [1.82, 2.24) is 9.47 Å². The van der Waals surface area contributed by atoms with Crippen molar-refractivity contribution in [2.75, 3.05) is 24.6 Å². The van der Waals surface area contributed by atoms with Gasteiger partial charge < -0.3 is 19.1 Å². The monoisotopic (exact) mass is 353 g/mol. The van der Waals surface area contributed by atoms with E-state index in [-0.39, 0.29) is 24.5 Å². The number of nitrogens with zero attached hydrogens (tertiary/aromatic N) is 3. The van der Waals surface area contributed by atoms with Gasteiger partial charge in [-0.15, -0.1) is 0 Å². The lowest BCUT2D eigenvalue weighted by molar-refractivity contribution is -0.136. The van der Waals surface area contributed by atoms with Crippen molar-refractivity contribution < 1.29 is 14.3 Å². The molecular formula is C20H23N3O3. The molecule has 136 valence electrons. The molecule has 0 N–H and O–H groups in total. The smallest absolute Gasteiger partial charge is 0.261 e. The summed E-state index contributed by atoms with van der Waals surface area (Å²) in [5.74, 6) is 0.795. The van der Waals surface area contributed by atoms with Gasteiger partial charge in [-0.3, -0.25) is 9.59 Å². The van der Waals surface area contributed by atoms with Crippen LogP contribution in [-0.4, -0.2) is 41.0 Å². The van der Waals surface area contributed by atoms with Gasteiger partial charge in [-0.25, -0.2) is 0 Å². The van der Waals surface area contributed by atoms with Gasteiger partial charge in [0.05, 0.1) is 6.04 Å². The first-order valence-corrected chi connectivity index (χ1v) is 9.11. The third kappa shape index (κ3) is 3.07. The molecule has 4 rings (SSSR count). The summed E-state index contributed by atoms with van der Waals surface area (Å²) in [5.41, 5.74) is 2.04. The van der Waals surface area contributed by atoms with Crippen LogP contribution in [0.5, 0.6) is 5.75 Å². The van der Waals surface area contributed by atoms with E-state index in [1.807, 2.05) is 42.2 Å². The van der Waals surface area contributed by atoms with Gasteiger partial charge in [-0.1, -0.05) is 0 Å². The zero-order valence-electron chi connectivity index (χ0n) is 14.9. The van der Waals surface area contributed by atoms with E-state index in [0.717, 1.165) is 30.9 Å². The zero-order valence-corrected chi connectivity index (χ0v) is 14.9. The van der Waals surface area contributed by atoms with Gasteiger partial charge in [0.15, 0.2) is 6.61 Å². The lowest BCUT2D eigenvalue weighted by atomic mass is 10.1. The Kier molecular flexibility index (Phi) is 4.41. The molecule has 2 aliphatic rings. The third-order valence-corrected chi connectivity index (χ3v) is 5.25. The Morgan fingerprint density at radius 1 is 1.15 bits per heavy atom. The number of carbonyl (C=O) groups excluding carboxylic acids is 2. The highest BCUT2D eigenvalue weighted by atomic mass is 16.5. The molecule has 1 fully saturated rings. The Balaban J connectivity index is 1.35. The van der Waals surface area contributed by atoms with Gasteiger partial charge in [0.1, 0.15) is 5.75 Å². The van der Waals surface area contributed by atoms with E-state index < -0.39 is 0 Å². The molecule has 1 atom stereocenters. The SMILES string of the molecule is CC1c2cccn2CCN1C(=O)COc1ccc(N2CCCC2=O)cc1. The van der Waals surface area contributed by atoms with Crippen molar-refractivity contribution in [2.45, 2.75) is 32.4 Å². The first-order valence-electron chi connectivity index (χ1n) is 9.11. The summed E-state index contributed by atoms with van der Waals surface area (Å²) < 4.78 is 7.87. The van der Waals surface area contributed by atoms with Crippen LogP contribution in [0.1, 0.15) is 31.5 Å². The zero-order chi connectivity index (χ0) is 18.1. The number of hydrogen-bond donors (Lipinski definition) is 0. The summed E-state index contributed by atoms with van der Waals surface area (Å²) in [6.45, 7) is 4.35. The number of anilines is 1. The third-order valence-electron chi connectivity index (χ3n) is 5.25. The standard InChI is InChI=1S/C20H23N3O3/c1-15-18-4-2-10-21(18)12-13-22(15)20(25)14-26-17-8-6-16(7-9-17)23-11-3-5-19(23)24/h2,4,6-10,15H,3,5,11-14H2,1H3. The molecule has 0 spiro atoms. The summed E-state index contributed by atoms with van der Waals surface area (Å²) in [6.07, 6.45) is 3.57. The topological polar surface area (TPSA) is 54.8 Å². The van der Waals surface area contributed by atoms with Crippen molar-refractivity contribution in [2.24, 2.45) is 0 Å². The van der Waals surface area contributed by atoms with E-state index in [4.69, 9.17) is 4.74 Å². The molecule has 1 aromatic heterocycles. The van der Waals surface area contributed by atoms with Crippen molar-refractivity contribution in [3.8, 4) is 5.75 Å². The maximum absolute atomic E-state index is 12.6. The Labute approximate surface area is 153 Å². The number of aromatic nitrogens is 1. The summed E-state index contributed by atoms with van der Waals surface area (Å²) in [5, 5.41) is 0. The minimum absolute atomic E-state index is 0.0104. The number of fused-ring (bicyclic) bond motifs is 1. The van der Waals surface area contributed by atoms with Gasteiger partial charge in [0, 0.05) is 43.6 Å². The van der Waals surface area contributed by atoms with Crippen molar-refractivity contribution in [1.29, 1.82) is 0 Å². The van der Waals surface area contributed by atoms with Crippen LogP contribution >= 0.6 is 0 Å². The molecular weight excluding hydrogens is 330 g/mol. The van der Waals surface area contributed by atoms with E-state index in [0.29, 0.717) is 18.7 Å². The average Bonchev–Trinajstić information content (AvgIpc) is 3.30. The molecule has 2 aliphatic heterocycles. The van der Waals surface area contributed by atoms with Gasteiger partial charge in [-0.05, 0) is 49.7 Å². The first-order chi connectivity index (χ1) is 12.6. The minimum Gasteiger partial charge on any atom is -0.484 e. The van der Waals surface area contributed by atoms with Gasteiger partial charge >= 0.3 is 0 Å².